The number of halogens is 2. The second-order valence-electron chi connectivity index (χ2n) is 4.61. The van der Waals surface area contributed by atoms with Gasteiger partial charge in [0.2, 0.25) is 0 Å². The number of rotatable bonds is 2. The molecule has 0 N–H and O–H groups in total. The van der Waals surface area contributed by atoms with Crippen LogP contribution in [0.15, 0.2) is 24.3 Å². The van der Waals surface area contributed by atoms with Crippen LogP contribution in [-0.2, 0) is 0 Å². The van der Waals surface area contributed by atoms with E-state index < -0.39 is 0 Å². The summed E-state index contributed by atoms with van der Waals surface area (Å²) in [5, 5.41) is 1.93. The Balaban J connectivity index is 2.26. The summed E-state index contributed by atoms with van der Waals surface area (Å²) in [6, 6.07) is 8.25. The normalized spacial score (nSPS) is 28.9. The number of hydrogen-bond acceptors (Lipinski definition) is 0. The third-order valence-corrected chi connectivity index (χ3v) is 4.36. The minimum Gasteiger partial charge on any atom is -0.0925 e. The fraction of sp³-hybridized carbons (Fsp3) is 0.500. The van der Waals surface area contributed by atoms with Gasteiger partial charge in [-0.3, -0.25) is 0 Å². The van der Waals surface area contributed by atoms with Gasteiger partial charge in [-0.05, 0) is 34.9 Å². The first kappa shape index (κ1) is 10.5. The van der Waals surface area contributed by atoms with Crippen molar-refractivity contribution in [1.29, 1.82) is 0 Å². The van der Waals surface area contributed by atoms with Crippen molar-refractivity contribution >= 4 is 27.5 Å². The molecule has 1 saturated carbocycles. The molecular formula is C12H14BrCl. The highest BCUT2D eigenvalue weighted by molar-refractivity contribution is 9.09. The van der Waals surface area contributed by atoms with E-state index >= 15 is 0 Å². The van der Waals surface area contributed by atoms with E-state index in [4.69, 9.17) is 11.6 Å². The van der Waals surface area contributed by atoms with E-state index in [1.165, 1.54) is 5.56 Å². The van der Waals surface area contributed by atoms with E-state index in [1.54, 1.807) is 0 Å². The molecule has 0 nitrogen and oxygen atoms in total. The Kier molecular flexibility index (Phi) is 2.65. The van der Waals surface area contributed by atoms with Crippen LogP contribution < -0.4 is 0 Å². The van der Waals surface area contributed by atoms with Gasteiger partial charge in [-0.15, -0.1) is 0 Å². The third kappa shape index (κ3) is 1.61. The molecule has 1 aliphatic carbocycles. The monoisotopic (exact) mass is 272 g/mol. The highest BCUT2D eigenvalue weighted by Crippen LogP contribution is 2.64. The highest BCUT2D eigenvalue weighted by Gasteiger charge is 2.57. The van der Waals surface area contributed by atoms with E-state index in [-0.39, 0.29) is 0 Å². The summed E-state index contributed by atoms with van der Waals surface area (Å²) in [5.74, 6) is 1.42. The fourth-order valence-electron chi connectivity index (χ4n) is 2.39. The zero-order chi connectivity index (χ0) is 10.3. The molecule has 1 aromatic carbocycles. The summed E-state index contributed by atoms with van der Waals surface area (Å²) < 4.78 is 0. The Morgan fingerprint density at radius 1 is 1.43 bits per heavy atom. The van der Waals surface area contributed by atoms with Gasteiger partial charge in [0.25, 0.3) is 0 Å². The van der Waals surface area contributed by atoms with Crippen molar-refractivity contribution in [2.24, 2.45) is 11.3 Å². The zero-order valence-electron chi connectivity index (χ0n) is 8.43. The Morgan fingerprint density at radius 3 is 2.64 bits per heavy atom. The SMILES string of the molecule is CC1(C)C(CBr)C1c1cccc(Cl)c1. The molecule has 0 spiro atoms. The molecule has 0 amide bonds. The molecule has 0 radical (unpaired) electrons. The first-order valence-corrected chi connectivity index (χ1v) is 6.38. The van der Waals surface area contributed by atoms with E-state index in [9.17, 15) is 0 Å². The number of hydrogen-bond donors (Lipinski definition) is 0. The summed E-state index contributed by atoms with van der Waals surface area (Å²) in [5.41, 5.74) is 1.81. The molecule has 1 aromatic rings. The van der Waals surface area contributed by atoms with Crippen molar-refractivity contribution in [2.75, 3.05) is 5.33 Å². The molecule has 1 fully saturated rings. The van der Waals surface area contributed by atoms with Crippen LogP contribution >= 0.6 is 27.5 Å². The van der Waals surface area contributed by atoms with Crippen LogP contribution in [-0.4, -0.2) is 5.33 Å². The van der Waals surface area contributed by atoms with Gasteiger partial charge < -0.3 is 0 Å². The Labute approximate surface area is 98.8 Å². The fourth-order valence-corrected chi connectivity index (χ4v) is 3.80. The summed E-state index contributed by atoms with van der Waals surface area (Å²) >= 11 is 9.56. The van der Waals surface area contributed by atoms with E-state index in [0.717, 1.165) is 16.3 Å². The van der Waals surface area contributed by atoms with Crippen molar-refractivity contribution < 1.29 is 0 Å². The van der Waals surface area contributed by atoms with Crippen molar-refractivity contribution in [3.63, 3.8) is 0 Å². The lowest BCUT2D eigenvalue weighted by molar-refractivity contribution is 0.579. The first-order chi connectivity index (χ1) is 6.57. The largest absolute Gasteiger partial charge is 0.0925 e. The maximum atomic E-state index is 5.99. The molecule has 0 saturated heterocycles. The number of alkyl halides is 1. The maximum absolute atomic E-state index is 5.99. The molecule has 0 bridgehead atoms. The van der Waals surface area contributed by atoms with Gasteiger partial charge >= 0.3 is 0 Å². The van der Waals surface area contributed by atoms with Crippen molar-refractivity contribution in [2.45, 2.75) is 19.8 Å². The summed E-state index contributed by atoms with van der Waals surface area (Å²) in [7, 11) is 0. The Morgan fingerprint density at radius 2 is 2.14 bits per heavy atom. The van der Waals surface area contributed by atoms with Crippen LogP contribution in [0.4, 0.5) is 0 Å². The van der Waals surface area contributed by atoms with Crippen molar-refractivity contribution in [1.82, 2.24) is 0 Å². The van der Waals surface area contributed by atoms with Gasteiger partial charge in [0, 0.05) is 10.4 Å². The molecule has 2 rings (SSSR count). The smallest absolute Gasteiger partial charge is 0.0408 e. The highest BCUT2D eigenvalue weighted by atomic mass is 79.9. The average Bonchev–Trinajstić information content (AvgIpc) is 2.68. The standard InChI is InChI=1S/C12H14BrCl/c1-12(2)10(7-13)11(12)8-4-3-5-9(14)6-8/h3-6,10-11H,7H2,1-2H3. The van der Waals surface area contributed by atoms with Gasteiger partial charge in [0.15, 0.2) is 0 Å². The minimum absolute atomic E-state index is 0.425. The maximum Gasteiger partial charge on any atom is 0.0408 e. The molecular weight excluding hydrogens is 259 g/mol. The van der Waals surface area contributed by atoms with E-state index in [1.807, 2.05) is 12.1 Å². The van der Waals surface area contributed by atoms with Crippen LogP contribution in [0, 0.1) is 11.3 Å². The summed E-state index contributed by atoms with van der Waals surface area (Å²) in [4.78, 5) is 0. The third-order valence-electron chi connectivity index (χ3n) is 3.42. The van der Waals surface area contributed by atoms with Crippen LogP contribution in [0.2, 0.25) is 5.02 Å². The van der Waals surface area contributed by atoms with Gasteiger partial charge in [0.1, 0.15) is 0 Å². The van der Waals surface area contributed by atoms with E-state index in [0.29, 0.717) is 11.3 Å². The van der Waals surface area contributed by atoms with E-state index in [2.05, 4.69) is 41.9 Å². The second kappa shape index (κ2) is 3.53. The van der Waals surface area contributed by atoms with Crippen LogP contribution in [0.1, 0.15) is 25.3 Å². The zero-order valence-corrected chi connectivity index (χ0v) is 10.8. The summed E-state index contributed by atoms with van der Waals surface area (Å²) in [6.07, 6.45) is 0. The van der Waals surface area contributed by atoms with Gasteiger partial charge in [-0.2, -0.15) is 0 Å². The van der Waals surface area contributed by atoms with Crippen LogP contribution in [0.3, 0.4) is 0 Å². The van der Waals surface area contributed by atoms with Gasteiger partial charge in [-0.1, -0.05) is 53.5 Å². The predicted octanol–water partition coefficient (Wildman–Crippen LogP) is 4.47. The number of benzene rings is 1. The summed E-state index contributed by atoms with van der Waals surface area (Å²) in [6.45, 7) is 4.65. The minimum atomic E-state index is 0.425. The Bertz CT molecular complexity index is 346. The molecule has 2 heteroatoms. The molecule has 14 heavy (non-hydrogen) atoms. The topological polar surface area (TPSA) is 0 Å². The molecule has 0 aromatic heterocycles. The predicted molar refractivity (Wildman–Crippen MR) is 65.3 cm³/mol. The quantitative estimate of drug-likeness (QED) is 0.697. The lowest BCUT2D eigenvalue weighted by atomic mass is 10.0. The van der Waals surface area contributed by atoms with Crippen LogP contribution in [0.5, 0.6) is 0 Å². The molecule has 76 valence electrons. The molecule has 0 aliphatic heterocycles. The van der Waals surface area contributed by atoms with Crippen LogP contribution in [0.25, 0.3) is 0 Å². The molecule has 2 atom stereocenters. The molecule has 0 heterocycles. The van der Waals surface area contributed by atoms with Gasteiger partial charge in [-0.25, -0.2) is 0 Å². The lowest BCUT2D eigenvalue weighted by Crippen LogP contribution is -1.90. The second-order valence-corrected chi connectivity index (χ2v) is 5.70. The van der Waals surface area contributed by atoms with Crippen molar-refractivity contribution in [3.8, 4) is 0 Å². The molecule has 2 unspecified atom stereocenters. The van der Waals surface area contributed by atoms with Gasteiger partial charge in [0.05, 0.1) is 0 Å². The Hall–Kier alpha value is -0.0100. The average molecular weight is 274 g/mol. The van der Waals surface area contributed by atoms with Crippen molar-refractivity contribution in [3.05, 3.63) is 34.9 Å². The first-order valence-electron chi connectivity index (χ1n) is 4.89. The molecule has 1 aliphatic rings. The lowest BCUT2D eigenvalue weighted by Gasteiger charge is -2.03.